The number of aryl methyl sites for hydroxylation is 1. The third-order valence-electron chi connectivity index (χ3n) is 2.75. The van der Waals surface area contributed by atoms with Crippen LogP contribution in [-0.4, -0.2) is 12.1 Å². The smallest absolute Gasteiger partial charge is 0.267 e. The maximum Gasteiger partial charge on any atom is 0.271 e. The highest BCUT2D eigenvalue weighted by molar-refractivity contribution is 6.33. The van der Waals surface area contributed by atoms with Crippen molar-refractivity contribution in [1.29, 1.82) is 0 Å². The van der Waals surface area contributed by atoms with Gasteiger partial charge in [-0.2, -0.15) is 5.10 Å². The van der Waals surface area contributed by atoms with Gasteiger partial charge in [0.05, 0.1) is 11.2 Å². The number of hydrazone groups is 1. The van der Waals surface area contributed by atoms with Crippen LogP contribution in [0.1, 0.15) is 21.5 Å². The van der Waals surface area contributed by atoms with Crippen molar-refractivity contribution in [1.82, 2.24) is 5.43 Å². The fourth-order valence-electron chi connectivity index (χ4n) is 1.68. The number of halogens is 2. The summed E-state index contributed by atoms with van der Waals surface area (Å²) in [6, 6.07) is 11.4. The SMILES string of the molecule is Cc1ccccc1C(=O)N/N=C\c1c(F)cccc1Cl. The van der Waals surface area contributed by atoms with Crippen LogP contribution in [0.5, 0.6) is 0 Å². The highest BCUT2D eigenvalue weighted by Gasteiger charge is 2.07. The summed E-state index contributed by atoms with van der Waals surface area (Å²) >= 11 is 5.84. The quantitative estimate of drug-likeness (QED) is 0.681. The van der Waals surface area contributed by atoms with Gasteiger partial charge in [-0.05, 0) is 30.7 Å². The minimum absolute atomic E-state index is 0.138. The largest absolute Gasteiger partial charge is 0.271 e. The van der Waals surface area contributed by atoms with Crippen LogP contribution in [0.15, 0.2) is 47.6 Å². The molecule has 2 aromatic rings. The predicted octanol–water partition coefficient (Wildman–Crippen LogP) is 3.55. The van der Waals surface area contributed by atoms with Crippen LogP contribution < -0.4 is 5.43 Å². The van der Waals surface area contributed by atoms with E-state index in [2.05, 4.69) is 10.5 Å². The Hall–Kier alpha value is -2.20. The summed E-state index contributed by atoms with van der Waals surface area (Å²) in [6.07, 6.45) is 1.19. The standard InChI is InChI=1S/C15H12ClFN2O/c1-10-5-2-3-6-11(10)15(20)19-18-9-12-13(16)7-4-8-14(12)17/h2-9H,1H3,(H,19,20)/b18-9-. The molecule has 0 heterocycles. The maximum atomic E-state index is 13.5. The van der Waals surface area contributed by atoms with Gasteiger partial charge in [0.1, 0.15) is 5.82 Å². The Kier molecular flexibility index (Phi) is 4.48. The second kappa shape index (κ2) is 6.30. The fraction of sp³-hybridized carbons (Fsp3) is 0.0667. The molecule has 0 unspecified atom stereocenters. The van der Waals surface area contributed by atoms with Gasteiger partial charge in [-0.25, -0.2) is 9.82 Å². The van der Waals surface area contributed by atoms with Crippen LogP contribution in [0.3, 0.4) is 0 Å². The normalized spacial score (nSPS) is 10.8. The summed E-state index contributed by atoms with van der Waals surface area (Å²) in [5, 5.41) is 3.97. The van der Waals surface area contributed by atoms with Crippen molar-refractivity contribution < 1.29 is 9.18 Å². The molecule has 5 heteroatoms. The van der Waals surface area contributed by atoms with Crippen molar-refractivity contribution in [3.05, 3.63) is 70.0 Å². The zero-order valence-corrected chi connectivity index (χ0v) is 11.5. The first-order valence-corrected chi connectivity index (χ1v) is 6.30. The molecule has 2 rings (SSSR count). The number of hydrogen-bond acceptors (Lipinski definition) is 2. The first kappa shape index (κ1) is 14.2. The zero-order chi connectivity index (χ0) is 14.5. The average molecular weight is 291 g/mol. The van der Waals surface area contributed by atoms with E-state index in [-0.39, 0.29) is 16.5 Å². The number of amides is 1. The molecule has 0 aromatic heterocycles. The third-order valence-corrected chi connectivity index (χ3v) is 3.08. The summed E-state index contributed by atoms with van der Waals surface area (Å²) in [6.45, 7) is 1.83. The van der Waals surface area contributed by atoms with Gasteiger partial charge >= 0.3 is 0 Å². The van der Waals surface area contributed by atoms with E-state index in [4.69, 9.17) is 11.6 Å². The number of rotatable bonds is 3. The number of carbonyl (C=O) groups is 1. The van der Waals surface area contributed by atoms with E-state index in [0.29, 0.717) is 5.56 Å². The van der Waals surface area contributed by atoms with Gasteiger partial charge in [0, 0.05) is 11.1 Å². The number of carbonyl (C=O) groups excluding carboxylic acids is 1. The lowest BCUT2D eigenvalue weighted by Gasteiger charge is -2.03. The maximum absolute atomic E-state index is 13.5. The van der Waals surface area contributed by atoms with Crippen LogP contribution in [0.4, 0.5) is 4.39 Å². The summed E-state index contributed by atoms with van der Waals surface area (Å²) in [4.78, 5) is 11.9. The number of nitrogens with one attached hydrogen (secondary N) is 1. The van der Waals surface area contributed by atoms with Crippen LogP contribution in [0, 0.1) is 12.7 Å². The minimum Gasteiger partial charge on any atom is -0.267 e. The Bertz CT molecular complexity index is 650. The Morgan fingerprint density at radius 1 is 1.25 bits per heavy atom. The first-order valence-electron chi connectivity index (χ1n) is 5.92. The van der Waals surface area contributed by atoms with Crippen molar-refractivity contribution in [3.63, 3.8) is 0 Å². The number of benzene rings is 2. The molecule has 0 bridgehead atoms. The molecule has 0 spiro atoms. The van der Waals surface area contributed by atoms with Crippen LogP contribution in [0.2, 0.25) is 5.02 Å². The lowest BCUT2D eigenvalue weighted by atomic mass is 10.1. The number of nitrogens with zero attached hydrogens (tertiary/aromatic N) is 1. The van der Waals surface area contributed by atoms with Gasteiger partial charge in [-0.3, -0.25) is 4.79 Å². The first-order chi connectivity index (χ1) is 9.59. The van der Waals surface area contributed by atoms with Crippen molar-refractivity contribution >= 4 is 23.7 Å². The summed E-state index contributed by atoms with van der Waals surface area (Å²) in [5.41, 5.74) is 3.84. The molecule has 102 valence electrons. The molecular weight excluding hydrogens is 279 g/mol. The molecule has 0 aliphatic carbocycles. The second-order valence-electron chi connectivity index (χ2n) is 4.15. The molecule has 0 radical (unpaired) electrons. The van der Waals surface area contributed by atoms with E-state index in [1.54, 1.807) is 18.2 Å². The molecule has 0 saturated carbocycles. The van der Waals surface area contributed by atoms with E-state index < -0.39 is 5.82 Å². The van der Waals surface area contributed by atoms with Gasteiger partial charge in [-0.15, -0.1) is 0 Å². The van der Waals surface area contributed by atoms with Gasteiger partial charge in [0.15, 0.2) is 0 Å². The van der Waals surface area contributed by atoms with Crippen molar-refractivity contribution in [3.8, 4) is 0 Å². The van der Waals surface area contributed by atoms with E-state index in [1.807, 2.05) is 19.1 Å². The molecular formula is C15H12ClFN2O. The van der Waals surface area contributed by atoms with Crippen LogP contribution in [-0.2, 0) is 0 Å². The second-order valence-corrected chi connectivity index (χ2v) is 4.56. The molecule has 1 amide bonds. The lowest BCUT2D eigenvalue weighted by molar-refractivity contribution is 0.0954. The Balaban J connectivity index is 2.11. The third kappa shape index (κ3) is 3.22. The topological polar surface area (TPSA) is 41.5 Å². The predicted molar refractivity (Wildman–Crippen MR) is 77.6 cm³/mol. The van der Waals surface area contributed by atoms with E-state index in [1.165, 1.54) is 18.3 Å². The molecule has 0 saturated heterocycles. The molecule has 0 atom stereocenters. The molecule has 0 fully saturated rings. The van der Waals surface area contributed by atoms with Crippen molar-refractivity contribution in [2.75, 3.05) is 0 Å². The molecule has 1 N–H and O–H groups in total. The highest BCUT2D eigenvalue weighted by Crippen LogP contribution is 2.16. The van der Waals surface area contributed by atoms with Crippen molar-refractivity contribution in [2.24, 2.45) is 5.10 Å². The highest BCUT2D eigenvalue weighted by atomic mass is 35.5. The molecule has 3 nitrogen and oxygen atoms in total. The Labute approximate surface area is 121 Å². The average Bonchev–Trinajstić information content (AvgIpc) is 2.42. The minimum atomic E-state index is -0.494. The lowest BCUT2D eigenvalue weighted by Crippen LogP contribution is -2.18. The van der Waals surface area contributed by atoms with Crippen molar-refractivity contribution in [2.45, 2.75) is 6.92 Å². The molecule has 0 aliphatic rings. The Morgan fingerprint density at radius 3 is 2.70 bits per heavy atom. The monoisotopic (exact) mass is 290 g/mol. The van der Waals surface area contributed by atoms with E-state index >= 15 is 0 Å². The van der Waals surface area contributed by atoms with Crippen LogP contribution in [0.25, 0.3) is 0 Å². The zero-order valence-electron chi connectivity index (χ0n) is 10.7. The van der Waals surface area contributed by atoms with Crippen LogP contribution >= 0.6 is 11.6 Å². The Morgan fingerprint density at radius 2 is 2.00 bits per heavy atom. The van der Waals surface area contributed by atoms with Gasteiger partial charge < -0.3 is 0 Å². The molecule has 20 heavy (non-hydrogen) atoms. The summed E-state index contributed by atoms with van der Waals surface area (Å²) < 4.78 is 13.5. The summed E-state index contributed by atoms with van der Waals surface area (Å²) in [7, 11) is 0. The van der Waals surface area contributed by atoms with Gasteiger partial charge in [-0.1, -0.05) is 35.9 Å². The van der Waals surface area contributed by atoms with E-state index in [0.717, 1.165) is 5.56 Å². The molecule has 0 aliphatic heterocycles. The van der Waals surface area contributed by atoms with Gasteiger partial charge in [0.2, 0.25) is 0 Å². The summed E-state index contributed by atoms with van der Waals surface area (Å²) in [5.74, 6) is -0.849. The molecule has 2 aromatic carbocycles. The fourth-order valence-corrected chi connectivity index (χ4v) is 1.89. The number of hydrogen-bond donors (Lipinski definition) is 1. The van der Waals surface area contributed by atoms with E-state index in [9.17, 15) is 9.18 Å². The van der Waals surface area contributed by atoms with Gasteiger partial charge in [0.25, 0.3) is 5.91 Å².